The standard InChI is InChI=1S/C27H35ClN4O4S/c1-18-15-25(19(2)14-22(18)28)37(35,36)32-17-21-6-4-5-7-23(21)30-27(34)24(32)16-26(33)29-11-8-20-9-12-31(3)13-10-20/h4-7,14-15,20,24H,8-13,16-17H2,1-3H3,(H,29,33)(H,30,34). The number of carbonyl (C=O) groups is 2. The zero-order chi connectivity index (χ0) is 26.7. The van der Waals surface area contributed by atoms with Crippen molar-refractivity contribution in [1.29, 1.82) is 0 Å². The summed E-state index contributed by atoms with van der Waals surface area (Å²) < 4.78 is 29.1. The van der Waals surface area contributed by atoms with Gasteiger partial charge in [-0.25, -0.2) is 8.42 Å². The maximum atomic E-state index is 14.0. The number of hydrogen-bond donors (Lipinski definition) is 2. The van der Waals surface area contributed by atoms with Gasteiger partial charge in [0.15, 0.2) is 0 Å². The molecule has 200 valence electrons. The topological polar surface area (TPSA) is 98.8 Å². The van der Waals surface area contributed by atoms with E-state index < -0.39 is 22.0 Å². The Morgan fingerprint density at radius 1 is 1.14 bits per heavy atom. The van der Waals surface area contributed by atoms with Gasteiger partial charge in [0.2, 0.25) is 21.8 Å². The highest BCUT2D eigenvalue weighted by Gasteiger charge is 2.40. The average Bonchev–Trinajstić information content (AvgIpc) is 2.99. The molecule has 0 radical (unpaired) electrons. The monoisotopic (exact) mass is 546 g/mol. The summed E-state index contributed by atoms with van der Waals surface area (Å²) in [7, 11) is -2.03. The Balaban J connectivity index is 1.57. The molecule has 8 nitrogen and oxygen atoms in total. The third-order valence-electron chi connectivity index (χ3n) is 7.39. The quantitative estimate of drug-likeness (QED) is 0.551. The lowest BCUT2D eigenvalue weighted by atomic mass is 9.94. The summed E-state index contributed by atoms with van der Waals surface area (Å²) in [5.41, 5.74) is 2.30. The highest BCUT2D eigenvalue weighted by Crippen LogP contribution is 2.32. The van der Waals surface area contributed by atoms with E-state index in [1.807, 2.05) is 0 Å². The number of nitrogens with one attached hydrogen (secondary N) is 2. The van der Waals surface area contributed by atoms with E-state index in [0.717, 1.165) is 36.7 Å². The number of sulfonamides is 1. The number of likely N-dealkylation sites (tertiary alicyclic amines) is 1. The highest BCUT2D eigenvalue weighted by molar-refractivity contribution is 7.89. The van der Waals surface area contributed by atoms with Gasteiger partial charge in [-0.1, -0.05) is 29.8 Å². The largest absolute Gasteiger partial charge is 0.356 e. The van der Waals surface area contributed by atoms with Crippen LogP contribution in [0.3, 0.4) is 0 Å². The fraction of sp³-hybridized carbons (Fsp3) is 0.481. The molecule has 0 spiro atoms. The molecule has 2 N–H and O–H groups in total. The van der Waals surface area contributed by atoms with Crippen LogP contribution in [0.25, 0.3) is 0 Å². The first-order valence-electron chi connectivity index (χ1n) is 12.7. The summed E-state index contributed by atoms with van der Waals surface area (Å²) in [5, 5.41) is 6.21. The molecule has 0 aliphatic carbocycles. The maximum Gasteiger partial charge on any atom is 0.244 e. The van der Waals surface area contributed by atoms with Crippen molar-refractivity contribution in [1.82, 2.24) is 14.5 Å². The molecule has 1 fully saturated rings. The van der Waals surface area contributed by atoms with E-state index in [-0.39, 0.29) is 23.8 Å². The van der Waals surface area contributed by atoms with Gasteiger partial charge in [0.1, 0.15) is 6.04 Å². The van der Waals surface area contributed by atoms with Crippen molar-refractivity contribution in [2.45, 2.75) is 57.0 Å². The summed E-state index contributed by atoms with van der Waals surface area (Å²) in [6, 6.07) is 9.03. The van der Waals surface area contributed by atoms with Crippen LogP contribution in [0.5, 0.6) is 0 Å². The Labute approximate surface area is 224 Å². The average molecular weight is 547 g/mol. The first-order valence-corrected chi connectivity index (χ1v) is 14.5. The van der Waals surface area contributed by atoms with E-state index >= 15 is 0 Å². The minimum Gasteiger partial charge on any atom is -0.356 e. The number of rotatable bonds is 7. The number of aryl methyl sites for hydroxylation is 2. The lowest BCUT2D eigenvalue weighted by molar-refractivity contribution is -0.127. The van der Waals surface area contributed by atoms with Crippen LogP contribution in [0.4, 0.5) is 5.69 Å². The molecule has 0 aromatic heterocycles. The highest BCUT2D eigenvalue weighted by atomic mass is 35.5. The Morgan fingerprint density at radius 2 is 1.84 bits per heavy atom. The molecule has 1 unspecified atom stereocenters. The van der Waals surface area contributed by atoms with Crippen molar-refractivity contribution >= 4 is 39.1 Å². The van der Waals surface area contributed by atoms with Crippen molar-refractivity contribution in [3.05, 3.63) is 58.1 Å². The molecule has 1 saturated heterocycles. The fourth-order valence-electron chi connectivity index (χ4n) is 5.02. The van der Waals surface area contributed by atoms with Gasteiger partial charge in [-0.05, 0) is 94.1 Å². The van der Waals surface area contributed by atoms with E-state index in [9.17, 15) is 18.0 Å². The summed E-state index contributed by atoms with van der Waals surface area (Å²) in [6.07, 6.45) is 2.80. The first-order chi connectivity index (χ1) is 17.6. The van der Waals surface area contributed by atoms with Crippen molar-refractivity contribution in [2.75, 3.05) is 32.0 Å². The third kappa shape index (κ3) is 6.34. The number of para-hydroxylation sites is 1. The minimum atomic E-state index is -4.14. The molecule has 2 aliphatic heterocycles. The molecule has 37 heavy (non-hydrogen) atoms. The number of piperidine rings is 1. The van der Waals surface area contributed by atoms with E-state index in [1.165, 1.54) is 6.07 Å². The van der Waals surface area contributed by atoms with Gasteiger partial charge in [0.25, 0.3) is 0 Å². The van der Waals surface area contributed by atoms with E-state index in [2.05, 4.69) is 22.6 Å². The number of hydrogen-bond acceptors (Lipinski definition) is 5. The van der Waals surface area contributed by atoms with Crippen molar-refractivity contribution < 1.29 is 18.0 Å². The summed E-state index contributed by atoms with van der Waals surface area (Å²) in [6.45, 7) is 5.99. The van der Waals surface area contributed by atoms with Gasteiger partial charge < -0.3 is 15.5 Å². The fourth-order valence-corrected chi connectivity index (χ4v) is 7.10. The second-order valence-electron chi connectivity index (χ2n) is 10.2. The normalized spacial score (nSPS) is 19.7. The number of nitrogens with zero attached hydrogens (tertiary/aromatic N) is 2. The smallest absolute Gasteiger partial charge is 0.244 e. The van der Waals surface area contributed by atoms with Gasteiger partial charge in [-0.3, -0.25) is 9.59 Å². The van der Waals surface area contributed by atoms with Crippen molar-refractivity contribution in [3.8, 4) is 0 Å². The third-order valence-corrected chi connectivity index (χ3v) is 9.79. The van der Waals surface area contributed by atoms with E-state index in [1.54, 1.807) is 44.2 Å². The molecule has 1 atom stereocenters. The van der Waals surface area contributed by atoms with Crippen LogP contribution in [0.15, 0.2) is 41.3 Å². The molecule has 0 bridgehead atoms. The number of amides is 2. The van der Waals surface area contributed by atoms with Crippen LogP contribution in [0, 0.1) is 19.8 Å². The lowest BCUT2D eigenvalue weighted by Crippen LogP contribution is -2.48. The Bertz CT molecular complexity index is 1280. The Morgan fingerprint density at radius 3 is 2.57 bits per heavy atom. The molecule has 0 saturated carbocycles. The lowest BCUT2D eigenvalue weighted by Gasteiger charge is -2.29. The Hall–Kier alpha value is -2.46. The summed E-state index contributed by atoms with van der Waals surface area (Å²) >= 11 is 6.22. The number of halogens is 1. The molecule has 4 rings (SSSR count). The van der Waals surface area contributed by atoms with Crippen LogP contribution < -0.4 is 10.6 Å². The van der Waals surface area contributed by atoms with Gasteiger partial charge in [0.05, 0.1) is 11.3 Å². The van der Waals surface area contributed by atoms with Crippen LogP contribution in [0.1, 0.15) is 42.4 Å². The van der Waals surface area contributed by atoms with Crippen molar-refractivity contribution in [3.63, 3.8) is 0 Å². The molecule has 10 heteroatoms. The van der Waals surface area contributed by atoms with Gasteiger partial charge in [0, 0.05) is 23.8 Å². The molecule has 2 aliphatic rings. The van der Waals surface area contributed by atoms with Gasteiger partial charge >= 0.3 is 0 Å². The maximum absolute atomic E-state index is 14.0. The predicted octanol–water partition coefficient (Wildman–Crippen LogP) is 3.71. The molecule has 2 heterocycles. The van der Waals surface area contributed by atoms with Gasteiger partial charge in [-0.15, -0.1) is 0 Å². The van der Waals surface area contributed by atoms with Gasteiger partial charge in [-0.2, -0.15) is 4.31 Å². The number of carbonyl (C=O) groups excluding carboxylic acids is 2. The molecule has 2 amide bonds. The minimum absolute atomic E-state index is 0.0358. The van der Waals surface area contributed by atoms with Crippen LogP contribution >= 0.6 is 11.6 Å². The number of anilines is 1. The molecule has 2 aromatic rings. The first kappa shape index (κ1) is 27.6. The SMILES string of the molecule is Cc1cc(S(=O)(=O)N2Cc3ccccc3NC(=O)C2CC(=O)NCCC2CCN(C)CC2)c(C)cc1Cl. The van der Waals surface area contributed by atoms with E-state index in [4.69, 9.17) is 11.6 Å². The molecular weight excluding hydrogens is 512 g/mol. The summed E-state index contributed by atoms with van der Waals surface area (Å²) in [5.74, 6) is -0.314. The second kappa shape index (κ2) is 11.5. The number of benzene rings is 2. The number of fused-ring (bicyclic) bond motifs is 1. The predicted molar refractivity (Wildman–Crippen MR) is 145 cm³/mol. The van der Waals surface area contributed by atoms with Crippen LogP contribution in [-0.4, -0.2) is 62.2 Å². The zero-order valence-electron chi connectivity index (χ0n) is 21.6. The Kier molecular flexibility index (Phi) is 8.58. The van der Waals surface area contributed by atoms with Crippen molar-refractivity contribution in [2.24, 2.45) is 5.92 Å². The van der Waals surface area contributed by atoms with Crippen LogP contribution in [0.2, 0.25) is 5.02 Å². The second-order valence-corrected chi connectivity index (χ2v) is 12.4. The van der Waals surface area contributed by atoms with Crippen LogP contribution in [-0.2, 0) is 26.2 Å². The summed E-state index contributed by atoms with van der Waals surface area (Å²) in [4.78, 5) is 28.7. The zero-order valence-corrected chi connectivity index (χ0v) is 23.2. The molecule has 2 aromatic carbocycles. The molecular formula is C27H35ClN4O4S. The van der Waals surface area contributed by atoms with E-state index in [0.29, 0.717) is 39.9 Å².